The minimum absolute atomic E-state index is 0.228. The molecule has 0 aromatic heterocycles. The summed E-state index contributed by atoms with van der Waals surface area (Å²) in [6, 6.07) is 6.38. The van der Waals surface area contributed by atoms with Crippen LogP contribution in [0.1, 0.15) is 50.7 Å². The first-order valence-corrected chi connectivity index (χ1v) is 8.29. The zero-order chi connectivity index (χ0) is 15.7. The molecule has 1 aromatic rings. The Morgan fingerprint density at radius 3 is 2.68 bits per heavy atom. The molecule has 1 N–H and O–H groups in total. The number of nitrogens with one attached hydrogen (secondary N) is 1. The Hall–Kier alpha value is -1.55. The summed E-state index contributed by atoms with van der Waals surface area (Å²) < 4.78 is 5.54. The van der Waals surface area contributed by atoms with Gasteiger partial charge in [0.2, 0.25) is 0 Å². The van der Waals surface area contributed by atoms with Crippen molar-refractivity contribution in [1.82, 2.24) is 5.32 Å². The first-order chi connectivity index (χ1) is 10.5. The zero-order valence-electron chi connectivity index (χ0n) is 13.8. The van der Waals surface area contributed by atoms with E-state index in [0.29, 0.717) is 5.92 Å². The van der Waals surface area contributed by atoms with Crippen LogP contribution < -0.4 is 10.2 Å². The van der Waals surface area contributed by atoms with Crippen LogP contribution in [0.2, 0.25) is 0 Å². The SMILES string of the molecule is CC(C)(C)OC(=O)N1CCc2c(C3CCNCC3)cccc21. The van der Waals surface area contributed by atoms with Crippen LogP contribution in [-0.2, 0) is 11.2 Å². The second-order valence-electron chi connectivity index (χ2n) is 7.25. The molecule has 0 aliphatic carbocycles. The molecular weight excluding hydrogens is 276 g/mol. The van der Waals surface area contributed by atoms with Crippen molar-refractivity contribution >= 4 is 11.8 Å². The number of carbonyl (C=O) groups is 1. The molecule has 0 radical (unpaired) electrons. The predicted octanol–water partition coefficient (Wildman–Crippen LogP) is 3.45. The molecule has 2 aliphatic heterocycles. The zero-order valence-corrected chi connectivity index (χ0v) is 13.8. The van der Waals surface area contributed by atoms with Crippen molar-refractivity contribution in [3.8, 4) is 0 Å². The normalized spacial score (nSPS) is 19.1. The summed E-state index contributed by atoms with van der Waals surface area (Å²) in [7, 11) is 0. The highest BCUT2D eigenvalue weighted by molar-refractivity contribution is 5.91. The molecule has 1 saturated heterocycles. The third kappa shape index (κ3) is 3.12. The summed E-state index contributed by atoms with van der Waals surface area (Å²) in [5, 5.41) is 3.42. The smallest absolute Gasteiger partial charge is 0.414 e. The number of anilines is 1. The Kier molecular flexibility index (Phi) is 4.13. The van der Waals surface area contributed by atoms with Gasteiger partial charge in [-0.3, -0.25) is 4.90 Å². The fourth-order valence-electron chi connectivity index (χ4n) is 3.48. The van der Waals surface area contributed by atoms with Gasteiger partial charge in [0.1, 0.15) is 5.60 Å². The van der Waals surface area contributed by atoms with Crippen molar-refractivity contribution in [2.75, 3.05) is 24.5 Å². The number of benzene rings is 1. The van der Waals surface area contributed by atoms with Crippen LogP contribution in [0.3, 0.4) is 0 Å². The molecule has 0 saturated carbocycles. The molecular formula is C18H26N2O2. The minimum Gasteiger partial charge on any atom is -0.443 e. The summed E-state index contributed by atoms with van der Waals surface area (Å²) >= 11 is 0. The fourth-order valence-corrected chi connectivity index (χ4v) is 3.48. The second kappa shape index (κ2) is 5.92. The highest BCUT2D eigenvalue weighted by Gasteiger charge is 2.31. The summed E-state index contributed by atoms with van der Waals surface area (Å²) in [5.41, 5.74) is 3.38. The molecule has 0 unspecified atom stereocenters. The number of hydrogen-bond acceptors (Lipinski definition) is 3. The molecule has 120 valence electrons. The Morgan fingerprint density at radius 1 is 1.27 bits per heavy atom. The van der Waals surface area contributed by atoms with E-state index in [0.717, 1.165) is 31.7 Å². The molecule has 3 rings (SSSR count). The number of fused-ring (bicyclic) bond motifs is 1. The van der Waals surface area contributed by atoms with Gasteiger partial charge in [-0.25, -0.2) is 4.79 Å². The molecule has 1 amide bonds. The Balaban J connectivity index is 1.84. The number of ether oxygens (including phenoxy) is 1. The maximum absolute atomic E-state index is 12.4. The van der Waals surface area contributed by atoms with E-state index in [1.807, 2.05) is 20.8 Å². The summed E-state index contributed by atoms with van der Waals surface area (Å²) in [6.45, 7) is 8.63. The molecule has 1 aromatic carbocycles. The van der Waals surface area contributed by atoms with Crippen LogP contribution >= 0.6 is 0 Å². The van der Waals surface area contributed by atoms with Crippen LogP contribution in [-0.4, -0.2) is 31.3 Å². The van der Waals surface area contributed by atoms with E-state index in [2.05, 4.69) is 23.5 Å². The standard InChI is InChI=1S/C18H26N2O2/c1-18(2,3)22-17(21)20-12-9-15-14(5-4-6-16(15)20)13-7-10-19-11-8-13/h4-6,13,19H,7-12H2,1-3H3. The van der Waals surface area contributed by atoms with Gasteiger partial charge in [-0.15, -0.1) is 0 Å². The quantitative estimate of drug-likeness (QED) is 0.864. The van der Waals surface area contributed by atoms with Gasteiger partial charge in [-0.05, 0) is 76.2 Å². The molecule has 0 atom stereocenters. The number of nitrogens with zero attached hydrogens (tertiary/aromatic N) is 1. The number of rotatable bonds is 1. The number of hydrogen-bond donors (Lipinski definition) is 1. The lowest BCUT2D eigenvalue weighted by Gasteiger charge is -2.26. The van der Waals surface area contributed by atoms with Crippen LogP contribution in [0.15, 0.2) is 18.2 Å². The van der Waals surface area contributed by atoms with Crippen molar-refractivity contribution in [2.45, 2.75) is 51.6 Å². The predicted molar refractivity (Wildman–Crippen MR) is 88.6 cm³/mol. The highest BCUT2D eigenvalue weighted by atomic mass is 16.6. The second-order valence-corrected chi connectivity index (χ2v) is 7.25. The molecule has 1 fully saturated rings. The largest absolute Gasteiger partial charge is 0.443 e. The van der Waals surface area contributed by atoms with Crippen LogP contribution in [0, 0.1) is 0 Å². The first-order valence-electron chi connectivity index (χ1n) is 8.29. The Labute approximate surface area is 132 Å². The van der Waals surface area contributed by atoms with Gasteiger partial charge < -0.3 is 10.1 Å². The van der Waals surface area contributed by atoms with Crippen molar-refractivity contribution in [1.29, 1.82) is 0 Å². The van der Waals surface area contributed by atoms with Gasteiger partial charge in [-0.2, -0.15) is 0 Å². The maximum Gasteiger partial charge on any atom is 0.414 e. The molecule has 4 nitrogen and oxygen atoms in total. The molecule has 2 aliphatic rings. The fraction of sp³-hybridized carbons (Fsp3) is 0.611. The van der Waals surface area contributed by atoms with Gasteiger partial charge in [0, 0.05) is 6.54 Å². The number of amides is 1. The van der Waals surface area contributed by atoms with E-state index in [1.165, 1.54) is 24.0 Å². The van der Waals surface area contributed by atoms with Gasteiger partial charge in [0.25, 0.3) is 0 Å². The lowest BCUT2D eigenvalue weighted by molar-refractivity contribution is 0.0584. The van der Waals surface area contributed by atoms with Gasteiger partial charge in [0.15, 0.2) is 0 Å². The monoisotopic (exact) mass is 302 g/mol. The topological polar surface area (TPSA) is 41.6 Å². The van der Waals surface area contributed by atoms with Gasteiger partial charge >= 0.3 is 6.09 Å². The minimum atomic E-state index is -0.452. The summed E-state index contributed by atoms with van der Waals surface area (Å²) in [6.07, 6.45) is 3.08. The molecule has 0 bridgehead atoms. The third-order valence-corrected chi connectivity index (χ3v) is 4.46. The van der Waals surface area contributed by atoms with Crippen molar-refractivity contribution in [2.24, 2.45) is 0 Å². The summed E-state index contributed by atoms with van der Waals surface area (Å²) in [5.74, 6) is 0.620. The van der Waals surface area contributed by atoms with Crippen LogP contribution in [0.4, 0.5) is 10.5 Å². The highest BCUT2D eigenvalue weighted by Crippen LogP contribution is 2.37. The number of piperidine rings is 1. The molecule has 22 heavy (non-hydrogen) atoms. The number of carbonyl (C=O) groups excluding carboxylic acids is 1. The van der Waals surface area contributed by atoms with E-state index in [9.17, 15) is 4.79 Å². The first kappa shape index (κ1) is 15.3. The Morgan fingerprint density at radius 2 is 2.00 bits per heavy atom. The molecule has 0 spiro atoms. The van der Waals surface area contributed by atoms with E-state index >= 15 is 0 Å². The van der Waals surface area contributed by atoms with Gasteiger partial charge in [-0.1, -0.05) is 12.1 Å². The average molecular weight is 302 g/mol. The summed E-state index contributed by atoms with van der Waals surface area (Å²) in [4.78, 5) is 14.2. The van der Waals surface area contributed by atoms with E-state index in [1.54, 1.807) is 4.90 Å². The average Bonchev–Trinajstić information content (AvgIpc) is 2.90. The third-order valence-electron chi connectivity index (χ3n) is 4.46. The van der Waals surface area contributed by atoms with Crippen molar-refractivity contribution in [3.63, 3.8) is 0 Å². The van der Waals surface area contributed by atoms with Crippen molar-refractivity contribution in [3.05, 3.63) is 29.3 Å². The lowest BCUT2D eigenvalue weighted by atomic mass is 9.86. The molecule has 2 heterocycles. The molecule has 4 heteroatoms. The van der Waals surface area contributed by atoms with Crippen LogP contribution in [0.25, 0.3) is 0 Å². The van der Waals surface area contributed by atoms with Crippen LogP contribution in [0.5, 0.6) is 0 Å². The van der Waals surface area contributed by atoms with E-state index in [-0.39, 0.29) is 6.09 Å². The van der Waals surface area contributed by atoms with Gasteiger partial charge in [0.05, 0.1) is 5.69 Å². The van der Waals surface area contributed by atoms with E-state index < -0.39 is 5.60 Å². The maximum atomic E-state index is 12.4. The van der Waals surface area contributed by atoms with E-state index in [4.69, 9.17) is 4.74 Å². The lowest BCUT2D eigenvalue weighted by Crippen LogP contribution is -2.35. The Bertz CT molecular complexity index is 557. The van der Waals surface area contributed by atoms with Crippen molar-refractivity contribution < 1.29 is 9.53 Å².